The molecule has 1 atom stereocenters. The number of pyridine rings is 1. The normalized spacial score (nSPS) is 11.8. The van der Waals surface area contributed by atoms with E-state index < -0.39 is 0 Å². The Morgan fingerprint density at radius 1 is 1.27 bits per heavy atom. The molecule has 1 aromatic carbocycles. The Hall–Kier alpha value is -2.47. The predicted octanol–water partition coefficient (Wildman–Crippen LogP) is 2.81. The average molecular weight is 303 g/mol. The molecule has 0 radical (unpaired) electrons. The fourth-order valence-corrected chi connectivity index (χ4v) is 1.80. The van der Waals surface area contributed by atoms with Gasteiger partial charge in [0.2, 0.25) is 11.8 Å². The monoisotopic (exact) mass is 303 g/mol. The van der Waals surface area contributed by atoms with E-state index in [1.807, 2.05) is 6.92 Å². The number of hydrogen-bond donors (Lipinski definition) is 2. The maximum absolute atomic E-state index is 12.8. The Morgan fingerprint density at radius 2 is 2.00 bits per heavy atom. The Balaban J connectivity index is 1.95. The van der Waals surface area contributed by atoms with Crippen LogP contribution in [0.4, 0.5) is 10.1 Å². The molecule has 5 nitrogen and oxygen atoms in total. The Labute approximate surface area is 128 Å². The standard InChI is InChI=1S/C16H18FN3O2/c1-11(9-18-2)16(21)20-13-5-8-15(19-10-13)22-14-6-3-12(17)4-7-14/h3-8,10-11,18H,9H2,1-2H3,(H,20,21). The minimum Gasteiger partial charge on any atom is -0.439 e. The molecule has 0 bridgehead atoms. The van der Waals surface area contributed by atoms with Crippen molar-refractivity contribution in [1.82, 2.24) is 10.3 Å². The van der Waals surface area contributed by atoms with Gasteiger partial charge in [0.15, 0.2) is 0 Å². The molecule has 0 aliphatic rings. The first-order chi connectivity index (χ1) is 10.6. The van der Waals surface area contributed by atoms with Crippen LogP contribution >= 0.6 is 0 Å². The number of halogens is 1. The summed E-state index contributed by atoms with van der Waals surface area (Å²) in [4.78, 5) is 16.0. The molecule has 6 heteroatoms. The molecule has 2 rings (SSSR count). The van der Waals surface area contributed by atoms with Crippen LogP contribution in [0.15, 0.2) is 42.6 Å². The largest absolute Gasteiger partial charge is 0.439 e. The summed E-state index contributed by atoms with van der Waals surface area (Å²) in [7, 11) is 1.80. The van der Waals surface area contributed by atoms with Gasteiger partial charge in [-0.3, -0.25) is 4.79 Å². The maximum atomic E-state index is 12.8. The van der Waals surface area contributed by atoms with Crippen LogP contribution < -0.4 is 15.4 Å². The lowest BCUT2D eigenvalue weighted by Gasteiger charge is -2.11. The number of nitrogens with one attached hydrogen (secondary N) is 2. The molecule has 2 N–H and O–H groups in total. The molecule has 0 aliphatic carbocycles. The number of amides is 1. The molecule has 116 valence electrons. The van der Waals surface area contributed by atoms with E-state index in [2.05, 4.69) is 15.6 Å². The SMILES string of the molecule is CNCC(C)C(=O)Nc1ccc(Oc2ccc(F)cc2)nc1. The summed E-state index contributed by atoms with van der Waals surface area (Å²) in [5.74, 6) is 0.318. The lowest BCUT2D eigenvalue weighted by molar-refractivity contribution is -0.119. The third-order valence-electron chi connectivity index (χ3n) is 3.00. The lowest BCUT2D eigenvalue weighted by Crippen LogP contribution is -2.28. The first-order valence-electron chi connectivity index (χ1n) is 6.93. The highest BCUT2D eigenvalue weighted by atomic mass is 19.1. The number of carbonyl (C=O) groups is 1. The molecule has 1 aromatic heterocycles. The maximum Gasteiger partial charge on any atom is 0.228 e. The van der Waals surface area contributed by atoms with Crippen LogP contribution in [0.5, 0.6) is 11.6 Å². The molecular formula is C16H18FN3O2. The number of benzene rings is 1. The van der Waals surface area contributed by atoms with E-state index in [1.165, 1.54) is 30.5 Å². The van der Waals surface area contributed by atoms with Crippen LogP contribution in [0.3, 0.4) is 0 Å². The van der Waals surface area contributed by atoms with E-state index >= 15 is 0 Å². The van der Waals surface area contributed by atoms with E-state index in [0.717, 1.165) is 0 Å². The van der Waals surface area contributed by atoms with Crippen LogP contribution in [0.2, 0.25) is 0 Å². The lowest BCUT2D eigenvalue weighted by atomic mass is 10.1. The number of anilines is 1. The third kappa shape index (κ3) is 4.53. The molecule has 22 heavy (non-hydrogen) atoms. The van der Waals surface area contributed by atoms with Crippen LogP contribution in [-0.2, 0) is 4.79 Å². The Bertz CT molecular complexity index is 614. The second-order valence-electron chi connectivity index (χ2n) is 4.89. The fraction of sp³-hybridized carbons (Fsp3) is 0.250. The molecule has 0 spiro atoms. The molecule has 0 aliphatic heterocycles. The number of carbonyl (C=O) groups excluding carboxylic acids is 1. The van der Waals surface area contributed by atoms with Gasteiger partial charge in [0.05, 0.1) is 11.9 Å². The zero-order chi connectivity index (χ0) is 15.9. The summed E-state index contributed by atoms with van der Waals surface area (Å²) in [5.41, 5.74) is 0.597. The Kier molecular flexibility index (Phi) is 5.43. The van der Waals surface area contributed by atoms with Gasteiger partial charge in [0.25, 0.3) is 0 Å². The van der Waals surface area contributed by atoms with Crippen LogP contribution in [0, 0.1) is 11.7 Å². The predicted molar refractivity (Wildman–Crippen MR) is 82.4 cm³/mol. The highest BCUT2D eigenvalue weighted by Crippen LogP contribution is 2.20. The third-order valence-corrected chi connectivity index (χ3v) is 3.00. The van der Waals surface area contributed by atoms with Crippen molar-refractivity contribution >= 4 is 11.6 Å². The summed E-state index contributed by atoms with van der Waals surface area (Å²) in [6, 6.07) is 9.01. The molecule has 2 aromatic rings. The van der Waals surface area contributed by atoms with Gasteiger partial charge in [-0.2, -0.15) is 0 Å². The summed E-state index contributed by atoms with van der Waals surface area (Å²) in [5, 5.41) is 5.73. The zero-order valence-electron chi connectivity index (χ0n) is 12.5. The zero-order valence-corrected chi connectivity index (χ0v) is 12.5. The van der Waals surface area contributed by atoms with Gasteiger partial charge in [-0.05, 0) is 37.4 Å². The second-order valence-corrected chi connectivity index (χ2v) is 4.89. The molecule has 0 fully saturated rings. The van der Waals surface area contributed by atoms with Crippen molar-refractivity contribution in [3.8, 4) is 11.6 Å². The van der Waals surface area contributed by atoms with Crippen molar-refractivity contribution in [2.75, 3.05) is 18.9 Å². The van der Waals surface area contributed by atoms with Gasteiger partial charge >= 0.3 is 0 Å². The minimum atomic E-state index is -0.325. The van der Waals surface area contributed by atoms with Crippen LogP contribution in [0.1, 0.15) is 6.92 Å². The van der Waals surface area contributed by atoms with E-state index in [0.29, 0.717) is 23.9 Å². The van der Waals surface area contributed by atoms with E-state index in [4.69, 9.17) is 4.74 Å². The summed E-state index contributed by atoms with van der Waals surface area (Å²) < 4.78 is 18.3. The van der Waals surface area contributed by atoms with Crippen LogP contribution in [0.25, 0.3) is 0 Å². The van der Waals surface area contributed by atoms with Crippen LogP contribution in [-0.4, -0.2) is 24.5 Å². The number of ether oxygens (including phenoxy) is 1. The number of hydrogen-bond acceptors (Lipinski definition) is 4. The average Bonchev–Trinajstić information content (AvgIpc) is 2.51. The second kappa shape index (κ2) is 7.51. The highest BCUT2D eigenvalue weighted by Gasteiger charge is 2.12. The van der Waals surface area contributed by atoms with Crippen molar-refractivity contribution in [1.29, 1.82) is 0 Å². The van der Waals surface area contributed by atoms with Crippen molar-refractivity contribution < 1.29 is 13.9 Å². The minimum absolute atomic E-state index is 0.0802. The topological polar surface area (TPSA) is 63.2 Å². The smallest absolute Gasteiger partial charge is 0.228 e. The van der Waals surface area contributed by atoms with E-state index in [9.17, 15) is 9.18 Å². The first-order valence-corrected chi connectivity index (χ1v) is 6.93. The first kappa shape index (κ1) is 15.9. The van der Waals surface area contributed by atoms with Crippen molar-refractivity contribution in [2.45, 2.75) is 6.92 Å². The number of aromatic nitrogens is 1. The quantitative estimate of drug-likeness (QED) is 0.861. The van der Waals surface area contributed by atoms with Gasteiger partial charge in [-0.1, -0.05) is 6.92 Å². The fourth-order valence-electron chi connectivity index (χ4n) is 1.80. The molecule has 1 unspecified atom stereocenters. The summed E-state index contributed by atoms with van der Waals surface area (Å²) >= 11 is 0. The Morgan fingerprint density at radius 3 is 2.59 bits per heavy atom. The van der Waals surface area contributed by atoms with Crippen molar-refractivity contribution in [3.05, 3.63) is 48.4 Å². The van der Waals surface area contributed by atoms with Crippen molar-refractivity contribution in [3.63, 3.8) is 0 Å². The van der Waals surface area contributed by atoms with Gasteiger partial charge in [0, 0.05) is 18.5 Å². The van der Waals surface area contributed by atoms with E-state index in [-0.39, 0.29) is 17.6 Å². The van der Waals surface area contributed by atoms with Gasteiger partial charge in [-0.15, -0.1) is 0 Å². The number of rotatable bonds is 6. The summed E-state index contributed by atoms with van der Waals surface area (Å²) in [6.45, 7) is 2.44. The summed E-state index contributed by atoms with van der Waals surface area (Å²) in [6.07, 6.45) is 1.52. The van der Waals surface area contributed by atoms with E-state index in [1.54, 1.807) is 19.2 Å². The van der Waals surface area contributed by atoms with Gasteiger partial charge < -0.3 is 15.4 Å². The molecule has 1 heterocycles. The van der Waals surface area contributed by atoms with Gasteiger partial charge in [0.1, 0.15) is 11.6 Å². The molecule has 1 amide bonds. The van der Waals surface area contributed by atoms with Crippen molar-refractivity contribution in [2.24, 2.45) is 5.92 Å². The molecular weight excluding hydrogens is 285 g/mol. The van der Waals surface area contributed by atoms with Gasteiger partial charge in [-0.25, -0.2) is 9.37 Å². The number of nitrogens with zero attached hydrogens (tertiary/aromatic N) is 1. The molecule has 0 saturated carbocycles. The highest BCUT2D eigenvalue weighted by molar-refractivity contribution is 5.92. The molecule has 0 saturated heterocycles.